The fourth-order valence-corrected chi connectivity index (χ4v) is 5.73. The first-order chi connectivity index (χ1) is 15.7. The molecule has 2 N–H and O–H groups in total. The van der Waals surface area contributed by atoms with Crippen LogP contribution in [0.1, 0.15) is 25.8 Å². The Hall–Kier alpha value is -3.23. The van der Waals surface area contributed by atoms with E-state index < -0.39 is 27.6 Å². The standard InChI is InChI=1S/C25H26N2O5S/c1-17(2)23(27-33(30,31)22-14-8-12-19-11-6-7-13-20(19)22)21-16-25(24(28)29,32-26-21)15-18-9-4-3-5-10-18/h3-14,17,23,27H,15-16H2,1-2H3,(H,28,29)/t23-,25?/m0/s1. The summed E-state index contributed by atoms with van der Waals surface area (Å²) in [7, 11) is -3.92. The van der Waals surface area contributed by atoms with E-state index in [4.69, 9.17) is 4.84 Å². The van der Waals surface area contributed by atoms with E-state index in [0.717, 1.165) is 10.9 Å². The van der Waals surface area contributed by atoms with Crippen molar-refractivity contribution < 1.29 is 23.2 Å². The summed E-state index contributed by atoms with van der Waals surface area (Å²) in [5, 5.41) is 15.5. The number of benzene rings is 3. The third kappa shape index (κ3) is 4.62. The molecule has 0 radical (unpaired) electrons. The number of oxime groups is 1. The first-order valence-electron chi connectivity index (χ1n) is 10.7. The molecular formula is C25H26N2O5S. The molecule has 0 aromatic heterocycles. The average molecular weight is 467 g/mol. The van der Waals surface area contributed by atoms with Crippen molar-refractivity contribution in [3.05, 3.63) is 78.4 Å². The number of hydrogen-bond donors (Lipinski definition) is 2. The van der Waals surface area contributed by atoms with Crippen LogP contribution in [-0.2, 0) is 26.1 Å². The van der Waals surface area contributed by atoms with Crippen LogP contribution in [0.4, 0.5) is 0 Å². The molecule has 0 aliphatic carbocycles. The van der Waals surface area contributed by atoms with Crippen molar-refractivity contribution in [3.63, 3.8) is 0 Å². The number of nitrogens with zero attached hydrogens (tertiary/aromatic N) is 1. The summed E-state index contributed by atoms with van der Waals surface area (Å²) in [6, 6.07) is 20.8. The van der Waals surface area contributed by atoms with Crippen LogP contribution in [0.5, 0.6) is 0 Å². The van der Waals surface area contributed by atoms with Gasteiger partial charge in [-0.2, -0.15) is 0 Å². The molecule has 2 atom stereocenters. The van der Waals surface area contributed by atoms with Gasteiger partial charge in [0.1, 0.15) is 0 Å². The van der Waals surface area contributed by atoms with Crippen LogP contribution in [0.2, 0.25) is 0 Å². The molecule has 1 unspecified atom stereocenters. The molecule has 0 bridgehead atoms. The normalized spacial score (nSPS) is 19.3. The zero-order chi connectivity index (χ0) is 23.6. The average Bonchev–Trinajstić information content (AvgIpc) is 3.22. The maximum Gasteiger partial charge on any atom is 0.351 e. The summed E-state index contributed by atoms with van der Waals surface area (Å²) in [6.45, 7) is 3.72. The lowest BCUT2D eigenvalue weighted by Gasteiger charge is -2.25. The lowest BCUT2D eigenvalue weighted by Crippen LogP contribution is -2.47. The van der Waals surface area contributed by atoms with Crippen molar-refractivity contribution >= 4 is 32.5 Å². The molecule has 1 aliphatic heterocycles. The van der Waals surface area contributed by atoms with Crippen molar-refractivity contribution in [1.29, 1.82) is 0 Å². The van der Waals surface area contributed by atoms with E-state index >= 15 is 0 Å². The lowest BCUT2D eigenvalue weighted by molar-refractivity contribution is -0.162. The van der Waals surface area contributed by atoms with Gasteiger partial charge in [0, 0.05) is 18.2 Å². The van der Waals surface area contributed by atoms with Gasteiger partial charge in [0.05, 0.1) is 16.6 Å². The first-order valence-corrected chi connectivity index (χ1v) is 12.2. The summed E-state index contributed by atoms with van der Waals surface area (Å²) >= 11 is 0. The zero-order valence-corrected chi connectivity index (χ0v) is 19.2. The highest BCUT2D eigenvalue weighted by atomic mass is 32.2. The predicted molar refractivity (Wildman–Crippen MR) is 127 cm³/mol. The van der Waals surface area contributed by atoms with Gasteiger partial charge in [0.2, 0.25) is 15.6 Å². The maximum atomic E-state index is 13.4. The zero-order valence-electron chi connectivity index (χ0n) is 18.4. The second-order valence-electron chi connectivity index (χ2n) is 8.63. The number of hydrogen-bond acceptors (Lipinski definition) is 5. The van der Waals surface area contributed by atoms with Crippen molar-refractivity contribution in [1.82, 2.24) is 4.72 Å². The lowest BCUT2D eigenvalue weighted by atomic mass is 9.86. The molecule has 0 saturated carbocycles. The Morgan fingerprint density at radius 3 is 2.42 bits per heavy atom. The Balaban J connectivity index is 1.62. The van der Waals surface area contributed by atoms with Gasteiger partial charge in [0.25, 0.3) is 0 Å². The van der Waals surface area contributed by atoms with E-state index in [-0.39, 0.29) is 23.7 Å². The van der Waals surface area contributed by atoms with E-state index in [1.165, 1.54) is 0 Å². The van der Waals surface area contributed by atoms with Crippen LogP contribution < -0.4 is 4.72 Å². The number of carbonyl (C=O) groups is 1. The molecule has 4 rings (SSSR count). The number of carboxylic acid groups (broad SMARTS) is 1. The van der Waals surface area contributed by atoms with E-state index in [0.29, 0.717) is 11.1 Å². The van der Waals surface area contributed by atoms with E-state index in [1.54, 1.807) is 24.3 Å². The number of rotatable bonds is 8. The highest BCUT2D eigenvalue weighted by molar-refractivity contribution is 7.89. The Labute approximate surface area is 193 Å². The molecule has 8 heteroatoms. The van der Waals surface area contributed by atoms with Crippen LogP contribution in [-0.4, -0.2) is 36.8 Å². The summed E-state index contributed by atoms with van der Waals surface area (Å²) in [6.07, 6.45) is 0.106. The molecule has 0 spiro atoms. The third-order valence-electron chi connectivity index (χ3n) is 5.87. The first kappa shape index (κ1) is 22.9. The number of sulfonamides is 1. The fraction of sp³-hybridized carbons (Fsp3) is 0.280. The Morgan fingerprint density at radius 2 is 1.73 bits per heavy atom. The summed E-state index contributed by atoms with van der Waals surface area (Å²) in [5.74, 6) is -1.32. The van der Waals surface area contributed by atoms with Gasteiger partial charge in [-0.15, -0.1) is 0 Å². The minimum atomic E-state index is -3.92. The smallest absolute Gasteiger partial charge is 0.351 e. The summed E-state index contributed by atoms with van der Waals surface area (Å²) in [5.41, 5.74) is -0.407. The van der Waals surface area contributed by atoms with Crippen LogP contribution in [0.15, 0.2) is 82.8 Å². The molecule has 172 valence electrons. The predicted octanol–water partition coefficient (Wildman–Crippen LogP) is 3.99. The second kappa shape index (κ2) is 8.96. The van der Waals surface area contributed by atoms with Gasteiger partial charge in [-0.25, -0.2) is 17.9 Å². The Bertz CT molecular complexity index is 1300. The van der Waals surface area contributed by atoms with Gasteiger partial charge in [-0.3, -0.25) is 0 Å². The third-order valence-corrected chi connectivity index (χ3v) is 7.37. The quantitative estimate of drug-likeness (QED) is 0.522. The minimum absolute atomic E-state index is 0.0157. The molecule has 33 heavy (non-hydrogen) atoms. The van der Waals surface area contributed by atoms with Gasteiger partial charge in [-0.05, 0) is 22.9 Å². The molecule has 1 heterocycles. The summed E-state index contributed by atoms with van der Waals surface area (Å²) in [4.78, 5) is 17.8. The summed E-state index contributed by atoms with van der Waals surface area (Å²) < 4.78 is 29.5. The fourth-order valence-electron chi connectivity index (χ4n) is 4.13. The molecule has 3 aromatic rings. The van der Waals surface area contributed by atoms with Gasteiger partial charge >= 0.3 is 5.97 Å². The van der Waals surface area contributed by atoms with Gasteiger partial charge in [-0.1, -0.05) is 85.7 Å². The molecule has 3 aromatic carbocycles. The van der Waals surface area contributed by atoms with Crippen molar-refractivity contribution in [2.75, 3.05) is 0 Å². The number of carboxylic acids is 1. The molecule has 7 nitrogen and oxygen atoms in total. The number of nitrogens with one attached hydrogen (secondary N) is 1. The molecule has 0 saturated heterocycles. The van der Waals surface area contributed by atoms with Crippen LogP contribution in [0.25, 0.3) is 10.8 Å². The topological polar surface area (TPSA) is 105 Å². The van der Waals surface area contributed by atoms with Gasteiger partial charge in [0.15, 0.2) is 0 Å². The van der Waals surface area contributed by atoms with Crippen molar-refractivity contribution in [2.24, 2.45) is 11.1 Å². The monoisotopic (exact) mass is 466 g/mol. The van der Waals surface area contributed by atoms with E-state index in [1.807, 2.05) is 62.4 Å². The van der Waals surface area contributed by atoms with Gasteiger partial charge < -0.3 is 9.94 Å². The van der Waals surface area contributed by atoms with E-state index in [2.05, 4.69) is 9.88 Å². The molecule has 0 fully saturated rings. The van der Waals surface area contributed by atoms with Crippen LogP contribution in [0, 0.1) is 5.92 Å². The Kier molecular flexibility index (Phi) is 6.23. The molecule has 1 aliphatic rings. The minimum Gasteiger partial charge on any atom is -0.478 e. The molecular weight excluding hydrogens is 440 g/mol. The van der Waals surface area contributed by atoms with Crippen molar-refractivity contribution in [3.8, 4) is 0 Å². The van der Waals surface area contributed by atoms with E-state index in [9.17, 15) is 18.3 Å². The van der Waals surface area contributed by atoms with Crippen LogP contribution >= 0.6 is 0 Å². The maximum absolute atomic E-state index is 13.4. The van der Waals surface area contributed by atoms with Crippen molar-refractivity contribution in [2.45, 2.75) is 43.2 Å². The Morgan fingerprint density at radius 1 is 1.06 bits per heavy atom. The highest BCUT2D eigenvalue weighted by Gasteiger charge is 2.49. The second-order valence-corrected chi connectivity index (χ2v) is 10.3. The highest BCUT2D eigenvalue weighted by Crippen LogP contribution is 2.32. The van der Waals surface area contributed by atoms with Crippen LogP contribution in [0.3, 0.4) is 0 Å². The number of aliphatic carboxylic acids is 1. The SMILES string of the molecule is CC(C)[C@H](NS(=O)(=O)c1cccc2ccccc12)C1=NOC(Cc2ccccc2)(C(=O)O)C1. The molecule has 0 amide bonds. The number of fused-ring (bicyclic) bond motifs is 1. The largest absolute Gasteiger partial charge is 0.478 e.